The third kappa shape index (κ3) is 5.33. The highest BCUT2D eigenvalue weighted by Crippen LogP contribution is 2.45. The van der Waals surface area contributed by atoms with Crippen LogP contribution >= 0.6 is 0 Å². The van der Waals surface area contributed by atoms with Gasteiger partial charge in [0, 0.05) is 11.1 Å². The molecule has 6 aromatic carbocycles. The maximum Gasteiger partial charge on any atom is 0.315 e. The molecular formula is C36H26O4. The standard InChI is InChI=1S/C36H26O4/c37-33(23-25-11-3-1-4-12-25)39-31-21-19-27-15-7-9-17-29(27)35(31)36-30-18-10-8-16-28(30)20-22-32(36)40-34(38)24-26-13-5-2-6-14-26/h1-22H,23-24H2. The summed E-state index contributed by atoms with van der Waals surface area (Å²) in [4.78, 5) is 26.2. The summed E-state index contributed by atoms with van der Waals surface area (Å²) in [5.41, 5.74) is 3.16. The van der Waals surface area contributed by atoms with Crippen LogP contribution in [-0.4, -0.2) is 11.9 Å². The predicted octanol–water partition coefficient (Wildman–Crippen LogP) is 7.96. The van der Waals surface area contributed by atoms with Crippen molar-refractivity contribution in [1.82, 2.24) is 0 Å². The first-order valence-electron chi connectivity index (χ1n) is 13.2. The van der Waals surface area contributed by atoms with Crippen LogP contribution in [-0.2, 0) is 22.4 Å². The first kappa shape index (κ1) is 25.1. The molecule has 6 rings (SSSR count). The lowest BCUT2D eigenvalue weighted by Crippen LogP contribution is -2.13. The molecule has 4 nitrogen and oxygen atoms in total. The Kier molecular flexibility index (Phi) is 7.06. The van der Waals surface area contributed by atoms with Crippen molar-refractivity contribution in [3.8, 4) is 22.6 Å². The number of carbonyl (C=O) groups is 2. The van der Waals surface area contributed by atoms with Gasteiger partial charge in [0.15, 0.2) is 0 Å². The minimum atomic E-state index is -0.370. The highest BCUT2D eigenvalue weighted by molar-refractivity contribution is 6.10. The molecule has 0 bridgehead atoms. The Morgan fingerprint density at radius 2 is 0.800 bits per heavy atom. The summed E-state index contributed by atoms with van der Waals surface area (Å²) in [5.74, 6) is 0.0869. The van der Waals surface area contributed by atoms with E-state index >= 15 is 0 Å². The van der Waals surface area contributed by atoms with Crippen molar-refractivity contribution in [3.05, 3.63) is 145 Å². The monoisotopic (exact) mass is 522 g/mol. The third-order valence-corrected chi connectivity index (χ3v) is 6.86. The van der Waals surface area contributed by atoms with Gasteiger partial charge >= 0.3 is 11.9 Å². The molecule has 0 fully saturated rings. The van der Waals surface area contributed by atoms with Crippen LogP contribution in [0.2, 0.25) is 0 Å². The van der Waals surface area contributed by atoms with Gasteiger partial charge < -0.3 is 9.47 Å². The minimum Gasteiger partial charge on any atom is -0.426 e. The summed E-state index contributed by atoms with van der Waals surface area (Å²) < 4.78 is 12.1. The smallest absolute Gasteiger partial charge is 0.315 e. The molecule has 6 aromatic rings. The van der Waals surface area contributed by atoms with E-state index in [1.54, 1.807) is 0 Å². The van der Waals surface area contributed by atoms with Crippen molar-refractivity contribution in [2.75, 3.05) is 0 Å². The Hall–Kier alpha value is -5.22. The van der Waals surface area contributed by atoms with Crippen LogP contribution in [0, 0.1) is 0 Å². The number of ether oxygens (including phenoxy) is 2. The summed E-state index contributed by atoms with van der Waals surface area (Å²) in [5, 5.41) is 3.75. The fraction of sp³-hybridized carbons (Fsp3) is 0.0556. The van der Waals surface area contributed by atoms with Crippen LogP contribution < -0.4 is 9.47 Å². The Morgan fingerprint density at radius 3 is 1.23 bits per heavy atom. The van der Waals surface area contributed by atoms with E-state index in [1.807, 2.05) is 133 Å². The first-order chi connectivity index (χ1) is 19.7. The van der Waals surface area contributed by atoms with E-state index in [4.69, 9.17) is 9.47 Å². The van der Waals surface area contributed by atoms with Crippen LogP contribution in [0.5, 0.6) is 11.5 Å². The van der Waals surface area contributed by atoms with Crippen LogP contribution in [0.1, 0.15) is 11.1 Å². The molecule has 0 aliphatic rings. The van der Waals surface area contributed by atoms with Gasteiger partial charge in [-0.2, -0.15) is 0 Å². The predicted molar refractivity (Wildman–Crippen MR) is 158 cm³/mol. The number of hydrogen-bond acceptors (Lipinski definition) is 4. The van der Waals surface area contributed by atoms with Crippen molar-refractivity contribution >= 4 is 33.5 Å². The number of rotatable bonds is 7. The SMILES string of the molecule is O=C(Cc1ccccc1)Oc1ccc2ccccc2c1-c1c(OC(=O)Cc2ccccc2)ccc2ccccc12. The van der Waals surface area contributed by atoms with Crippen molar-refractivity contribution in [2.24, 2.45) is 0 Å². The number of benzene rings is 6. The van der Waals surface area contributed by atoms with Crippen molar-refractivity contribution in [3.63, 3.8) is 0 Å². The van der Waals surface area contributed by atoms with E-state index in [0.717, 1.165) is 32.7 Å². The fourth-order valence-corrected chi connectivity index (χ4v) is 5.03. The van der Waals surface area contributed by atoms with Gasteiger partial charge in [0.1, 0.15) is 11.5 Å². The Balaban J connectivity index is 1.48. The summed E-state index contributed by atoms with van der Waals surface area (Å²) in [7, 11) is 0. The highest BCUT2D eigenvalue weighted by atomic mass is 16.5. The average Bonchev–Trinajstić information content (AvgIpc) is 2.98. The molecule has 0 heterocycles. The van der Waals surface area contributed by atoms with E-state index < -0.39 is 0 Å². The molecule has 4 heteroatoms. The quantitative estimate of drug-likeness (QED) is 0.158. The van der Waals surface area contributed by atoms with Gasteiger partial charge in [0.2, 0.25) is 0 Å². The molecule has 0 aromatic heterocycles. The Morgan fingerprint density at radius 1 is 0.425 bits per heavy atom. The minimum absolute atomic E-state index is 0.140. The van der Waals surface area contributed by atoms with Gasteiger partial charge in [0.25, 0.3) is 0 Å². The Bertz CT molecular complexity index is 1690. The number of carbonyl (C=O) groups excluding carboxylic acids is 2. The van der Waals surface area contributed by atoms with Crippen LogP contribution in [0.4, 0.5) is 0 Å². The van der Waals surface area contributed by atoms with Crippen molar-refractivity contribution < 1.29 is 19.1 Å². The van der Waals surface area contributed by atoms with E-state index in [9.17, 15) is 9.59 Å². The summed E-state index contributed by atoms with van der Waals surface area (Å²) >= 11 is 0. The number of hydrogen-bond donors (Lipinski definition) is 0. The third-order valence-electron chi connectivity index (χ3n) is 6.86. The van der Waals surface area contributed by atoms with Crippen LogP contribution in [0.15, 0.2) is 133 Å². The summed E-state index contributed by atoms with van der Waals surface area (Å²) in [6, 6.07) is 42.4. The molecule has 0 amide bonds. The summed E-state index contributed by atoms with van der Waals surface area (Å²) in [6.45, 7) is 0. The van der Waals surface area contributed by atoms with Crippen molar-refractivity contribution in [1.29, 1.82) is 0 Å². The summed E-state index contributed by atoms with van der Waals surface area (Å²) in [6.07, 6.45) is 0.281. The molecule has 0 N–H and O–H groups in total. The van der Waals surface area contributed by atoms with Crippen LogP contribution in [0.25, 0.3) is 32.7 Å². The van der Waals surface area contributed by atoms with Gasteiger partial charge in [-0.25, -0.2) is 0 Å². The van der Waals surface area contributed by atoms with E-state index in [0.29, 0.717) is 22.6 Å². The number of esters is 2. The van der Waals surface area contributed by atoms with E-state index in [-0.39, 0.29) is 24.8 Å². The zero-order chi connectivity index (χ0) is 27.3. The molecule has 0 saturated heterocycles. The second-order valence-corrected chi connectivity index (χ2v) is 9.59. The molecule has 0 spiro atoms. The highest BCUT2D eigenvalue weighted by Gasteiger charge is 2.22. The molecule has 0 unspecified atom stereocenters. The molecule has 0 atom stereocenters. The van der Waals surface area contributed by atoms with Gasteiger partial charge in [-0.05, 0) is 44.8 Å². The second kappa shape index (κ2) is 11.3. The molecule has 0 radical (unpaired) electrons. The molecule has 0 aliphatic heterocycles. The maximum absolute atomic E-state index is 13.1. The molecular weight excluding hydrogens is 496 g/mol. The topological polar surface area (TPSA) is 52.6 Å². The maximum atomic E-state index is 13.1. The molecule has 40 heavy (non-hydrogen) atoms. The first-order valence-corrected chi connectivity index (χ1v) is 13.2. The lowest BCUT2D eigenvalue weighted by Gasteiger charge is -2.18. The Labute approximate surface area is 232 Å². The van der Waals surface area contributed by atoms with Crippen molar-refractivity contribution in [2.45, 2.75) is 12.8 Å². The largest absolute Gasteiger partial charge is 0.426 e. The molecule has 0 aliphatic carbocycles. The molecule has 194 valence electrons. The van der Waals surface area contributed by atoms with E-state index in [1.165, 1.54) is 0 Å². The lowest BCUT2D eigenvalue weighted by atomic mass is 9.92. The van der Waals surface area contributed by atoms with Crippen LogP contribution in [0.3, 0.4) is 0 Å². The number of fused-ring (bicyclic) bond motifs is 2. The molecule has 0 saturated carbocycles. The normalized spacial score (nSPS) is 10.9. The van der Waals surface area contributed by atoms with Gasteiger partial charge in [0.05, 0.1) is 12.8 Å². The zero-order valence-corrected chi connectivity index (χ0v) is 21.7. The van der Waals surface area contributed by atoms with E-state index in [2.05, 4.69) is 0 Å². The lowest BCUT2D eigenvalue weighted by molar-refractivity contribution is -0.134. The second-order valence-electron chi connectivity index (χ2n) is 9.59. The zero-order valence-electron chi connectivity index (χ0n) is 21.7. The van der Waals surface area contributed by atoms with Gasteiger partial charge in [-0.1, -0.05) is 121 Å². The average molecular weight is 523 g/mol. The van der Waals surface area contributed by atoms with Gasteiger partial charge in [-0.15, -0.1) is 0 Å². The van der Waals surface area contributed by atoms with Gasteiger partial charge in [-0.3, -0.25) is 9.59 Å². The fourth-order valence-electron chi connectivity index (χ4n) is 5.03.